The molecule has 0 radical (unpaired) electrons. The molecule has 0 bridgehead atoms. The molecule has 3 N–H and O–H groups in total. The van der Waals surface area contributed by atoms with Gasteiger partial charge in [0.1, 0.15) is 18.2 Å². The number of H-pyrrole nitrogens is 1. The number of aromatic amines is 1. The lowest BCUT2D eigenvalue weighted by molar-refractivity contribution is 0.146. The second kappa shape index (κ2) is 7.25. The van der Waals surface area contributed by atoms with Gasteiger partial charge in [-0.15, -0.1) is 0 Å². The maximum atomic E-state index is 13.3. The summed E-state index contributed by atoms with van der Waals surface area (Å²) in [6.07, 6.45) is 2.96. The number of carbonyl (C=O) groups is 1. The van der Waals surface area contributed by atoms with Gasteiger partial charge in [-0.25, -0.2) is 9.18 Å². The SMILES string of the molecule is COCCOc1ccc(F)cc1NC(=O)Nc1cn[nH]c1. The molecule has 0 saturated carbocycles. The number of hydrogen-bond acceptors (Lipinski definition) is 4. The third kappa shape index (κ3) is 4.46. The number of rotatable bonds is 6. The summed E-state index contributed by atoms with van der Waals surface area (Å²) < 4.78 is 23.6. The fourth-order valence-corrected chi connectivity index (χ4v) is 1.56. The highest BCUT2D eigenvalue weighted by atomic mass is 19.1. The average Bonchev–Trinajstić information content (AvgIpc) is 2.94. The second-order valence-electron chi connectivity index (χ2n) is 4.05. The molecule has 0 aliphatic rings. The van der Waals surface area contributed by atoms with Crippen LogP contribution >= 0.6 is 0 Å². The quantitative estimate of drug-likeness (QED) is 0.713. The molecule has 1 aromatic heterocycles. The summed E-state index contributed by atoms with van der Waals surface area (Å²) in [5.41, 5.74) is 0.720. The van der Waals surface area contributed by atoms with Crippen LogP contribution in [0.5, 0.6) is 5.75 Å². The van der Waals surface area contributed by atoms with E-state index < -0.39 is 11.8 Å². The van der Waals surface area contributed by atoms with Gasteiger partial charge in [-0.05, 0) is 12.1 Å². The van der Waals surface area contributed by atoms with E-state index in [1.807, 2.05) is 0 Å². The highest BCUT2D eigenvalue weighted by Crippen LogP contribution is 2.25. The second-order valence-corrected chi connectivity index (χ2v) is 4.05. The average molecular weight is 294 g/mol. The highest BCUT2D eigenvalue weighted by molar-refractivity contribution is 6.00. The first-order valence-electron chi connectivity index (χ1n) is 6.17. The van der Waals surface area contributed by atoms with Crippen molar-refractivity contribution < 1.29 is 18.7 Å². The molecule has 0 spiro atoms. The van der Waals surface area contributed by atoms with E-state index in [2.05, 4.69) is 20.8 Å². The maximum Gasteiger partial charge on any atom is 0.323 e. The number of hydrogen-bond donors (Lipinski definition) is 3. The number of anilines is 2. The minimum Gasteiger partial charge on any atom is -0.489 e. The van der Waals surface area contributed by atoms with E-state index in [4.69, 9.17) is 9.47 Å². The number of amides is 2. The minimum atomic E-state index is -0.529. The Balaban J connectivity index is 2.03. The van der Waals surface area contributed by atoms with Crippen molar-refractivity contribution in [1.82, 2.24) is 10.2 Å². The van der Waals surface area contributed by atoms with Gasteiger partial charge in [-0.1, -0.05) is 0 Å². The molecule has 0 atom stereocenters. The summed E-state index contributed by atoms with van der Waals surface area (Å²) in [4.78, 5) is 11.8. The van der Waals surface area contributed by atoms with Crippen LogP contribution in [0.15, 0.2) is 30.6 Å². The fraction of sp³-hybridized carbons (Fsp3) is 0.231. The summed E-state index contributed by atoms with van der Waals surface area (Å²) in [6.45, 7) is 0.679. The Morgan fingerprint density at radius 3 is 2.95 bits per heavy atom. The number of aromatic nitrogens is 2. The Hall–Kier alpha value is -2.61. The monoisotopic (exact) mass is 294 g/mol. The van der Waals surface area contributed by atoms with Gasteiger partial charge in [0, 0.05) is 19.4 Å². The summed E-state index contributed by atoms with van der Waals surface area (Å²) >= 11 is 0. The van der Waals surface area contributed by atoms with Crippen molar-refractivity contribution in [3.05, 3.63) is 36.4 Å². The molecular formula is C13H15FN4O3. The molecule has 21 heavy (non-hydrogen) atoms. The molecule has 7 nitrogen and oxygen atoms in total. The Morgan fingerprint density at radius 2 is 2.24 bits per heavy atom. The van der Waals surface area contributed by atoms with Crippen LogP contribution in [0.25, 0.3) is 0 Å². The molecule has 2 aromatic rings. The first kappa shape index (κ1) is 14.8. The standard InChI is InChI=1S/C13H15FN4O3/c1-20-4-5-21-12-3-2-9(14)6-11(12)18-13(19)17-10-7-15-16-8-10/h2-3,6-8H,4-5H2,1H3,(H,15,16)(H2,17,18,19). The van der Waals surface area contributed by atoms with Gasteiger partial charge in [0.2, 0.25) is 0 Å². The van der Waals surface area contributed by atoms with E-state index in [1.54, 1.807) is 7.11 Å². The third-order valence-electron chi connectivity index (χ3n) is 2.49. The molecule has 0 aliphatic carbocycles. The molecule has 2 rings (SSSR count). The largest absolute Gasteiger partial charge is 0.489 e. The fourth-order valence-electron chi connectivity index (χ4n) is 1.56. The van der Waals surface area contributed by atoms with Gasteiger partial charge in [-0.3, -0.25) is 5.10 Å². The third-order valence-corrected chi connectivity index (χ3v) is 2.49. The van der Waals surface area contributed by atoms with Crippen LogP contribution in [0.3, 0.4) is 0 Å². The number of nitrogens with zero attached hydrogens (tertiary/aromatic N) is 1. The molecule has 0 fully saturated rings. The normalized spacial score (nSPS) is 10.2. The molecule has 0 unspecified atom stereocenters. The van der Waals surface area contributed by atoms with E-state index in [1.165, 1.54) is 30.6 Å². The number of ether oxygens (including phenoxy) is 2. The Morgan fingerprint density at radius 1 is 1.38 bits per heavy atom. The van der Waals surface area contributed by atoms with Crippen LogP contribution in [0.2, 0.25) is 0 Å². The van der Waals surface area contributed by atoms with E-state index in [0.29, 0.717) is 24.7 Å². The maximum absolute atomic E-state index is 13.3. The van der Waals surface area contributed by atoms with E-state index in [9.17, 15) is 9.18 Å². The zero-order valence-corrected chi connectivity index (χ0v) is 11.4. The Bertz CT molecular complexity index is 589. The Kier molecular flexibility index (Phi) is 5.10. The van der Waals surface area contributed by atoms with Crippen LogP contribution < -0.4 is 15.4 Å². The summed E-state index contributed by atoms with van der Waals surface area (Å²) in [5.74, 6) is -0.122. The lowest BCUT2D eigenvalue weighted by Crippen LogP contribution is -2.20. The number of nitrogens with one attached hydrogen (secondary N) is 3. The van der Waals surface area contributed by atoms with Crippen LogP contribution in [0.4, 0.5) is 20.6 Å². The van der Waals surface area contributed by atoms with E-state index in [-0.39, 0.29) is 5.69 Å². The van der Waals surface area contributed by atoms with Crippen LogP contribution in [0, 0.1) is 5.82 Å². The van der Waals surface area contributed by atoms with Crippen molar-refractivity contribution in [3.8, 4) is 5.75 Å². The number of methoxy groups -OCH3 is 1. The van der Waals surface area contributed by atoms with Crippen molar-refractivity contribution in [2.45, 2.75) is 0 Å². The Labute approximate surface area is 120 Å². The first-order valence-corrected chi connectivity index (χ1v) is 6.17. The summed E-state index contributed by atoms with van der Waals surface area (Å²) in [7, 11) is 1.55. The molecule has 1 aromatic carbocycles. The van der Waals surface area contributed by atoms with E-state index >= 15 is 0 Å². The first-order chi connectivity index (χ1) is 10.2. The van der Waals surface area contributed by atoms with E-state index in [0.717, 1.165) is 0 Å². The smallest absolute Gasteiger partial charge is 0.323 e. The van der Waals surface area contributed by atoms with Gasteiger partial charge in [0.25, 0.3) is 0 Å². The van der Waals surface area contributed by atoms with Crippen LogP contribution in [-0.4, -0.2) is 36.6 Å². The van der Waals surface area contributed by atoms with Crippen molar-refractivity contribution in [2.24, 2.45) is 0 Å². The zero-order valence-electron chi connectivity index (χ0n) is 11.4. The molecule has 0 aliphatic heterocycles. The van der Waals surface area contributed by atoms with Gasteiger partial charge < -0.3 is 20.1 Å². The van der Waals surface area contributed by atoms with Crippen LogP contribution in [0.1, 0.15) is 0 Å². The highest BCUT2D eigenvalue weighted by Gasteiger charge is 2.10. The molecular weight excluding hydrogens is 279 g/mol. The number of benzene rings is 1. The van der Waals surface area contributed by atoms with Crippen molar-refractivity contribution in [2.75, 3.05) is 31.0 Å². The predicted molar refractivity (Wildman–Crippen MR) is 75.0 cm³/mol. The van der Waals surface area contributed by atoms with Gasteiger partial charge in [0.05, 0.1) is 24.2 Å². The molecule has 2 amide bonds. The lowest BCUT2D eigenvalue weighted by atomic mass is 10.3. The van der Waals surface area contributed by atoms with Crippen molar-refractivity contribution in [1.29, 1.82) is 0 Å². The summed E-state index contributed by atoms with van der Waals surface area (Å²) in [6, 6.07) is 3.34. The topological polar surface area (TPSA) is 88.3 Å². The zero-order chi connectivity index (χ0) is 15.1. The molecule has 0 saturated heterocycles. The minimum absolute atomic E-state index is 0.229. The van der Waals surface area contributed by atoms with Crippen molar-refractivity contribution in [3.63, 3.8) is 0 Å². The van der Waals surface area contributed by atoms with Crippen molar-refractivity contribution >= 4 is 17.4 Å². The van der Waals surface area contributed by atoms with Gasteiger partial charge >= 0.3 is 6.03 Å². The predicted octanol–water partition coefficient (Wildman–Crippen LogP) is 2.22. The lowest BCUT2D eigenvalue weighted by Gasteiger charge is -2.12. The van der Waals surface area contributed by atoms with Gasteiger partial charge in [-0.2, -0.15) is 5.10 Å². The number of urea groups is 1. The molecule has 8 heteroatoms. The summed E-state index contributed by atoms with van der Waals surface area (Å²) in [5, 5.41) is 11.3. The molecule has 1 heterocycles. The number of halogens is 1. The van der Waals surface area contributed by atoms with Crippen LogP contribution in [-0.2, 0) is 4.74 Å². The molecule has 112 valence electrons. The number of carbonyl (C=O) groups excluding carboxylic acids is 1. The van der Waals surface area contributed by atoms with Gasteiger partial charge in [0.15, 0.2) is 0 Å².